The summed E-state index contributed by atoms with van der Waals surface area (Å²) < 4.78 is 16.0. The van der Waals surface area contributed by atoms with Gasteiger partial charge in [0.2, 0.25) is 0 Å². The zero-order valence-corrected chi connectivity index (χ0v) is 12.4. The standard InChI is InChI=1S/C15H25NO3/c1-5-13(11-18-4)16-14-7-6-12(2)10-15(14)19-9-8-17-3/h6-7,10,13,16H,5,8-9,11H2,1-4H3. The third kappa shape index (κ3) is 5.49. The molecule has 19 heavy (non-hydrogen) atoms. The highest BCUT2D eigenvalue weighted by atomic mass is 16.5. The fraction of sp³-hybridized carbons (Fsp3) is 0.600. The number of nitrogens with one attached hydrogen (secondary N) is 1. The lowest BCUT2D eigenvalue weighted by atomic mass is 10.1. The molecule has 1 unspecified atom stereocenters. The second kappa shape index (κ2) is 8.77. The molecule has 0 radical (unpaired) electrons. The molecule has 0 fully saturated rings. The van der Waals surface area contributed by atoms with E-state index in [4.69, 9.17) is 14.2 Å². The number of hydrogen-bond acceptors (Lipinski definition) is 4. The van der Waals surface area contributed by atoms with Crippen molar-refractivity contribution in [2.45, 2.75) is 26.3 Å². The largest absolute Gasteiger partial charge is 0.489 e. The Labute approximate surface area is 116 Å². The molecule has 0 amide bonds. The Hall–Kier alpha value is -1.26. The van der Waals surface area contributed by atoms with Crippen LogP contribution in [0.25, 0.3) is 0 Å². The molecule has 4 nitrogen and oxygen atoms in total. The molecule has 0 spiro atoms. The van der Waals surface area contributed by atoms with Gasteiger partial charge in [0.1, 0.15) is 12.4 Å². The summed E-state index contributed by atoms with van der Waals surface area (Å²) in [5.74, 6) is 0.867. The molecular formula is C15H25NO3. The van der Waals surface area contributed by atoms with Crippen LogP contribution in [-0.4, -0.2) is 40.1 Å². The van der Waals surface area contributed by atoms with Gasteiger partial charge in [0.05, 0.1) is 18.9 Å². The average molecular weight is 267 g/mol. The molecule has 0 aliphatic carbocycles. The van der Waals surface area contributed by atoms with Gasteiger partial charge in [0.25, 0.3) is 0 Å². The highest BCUT2D eigenvalue weighted by Crippen LogP contribution is 2.26. The minimum atomic E-state index is 0.289. The molecular weight excluding hydrogens is 242 g/mol. The SMILES string of the molecule is CCC(COC)Nc1ccc(C)cc1OCCOC. The highest BCUT2D eigenvalue weighted by molar-refractivity contribution is 5.58. The summed E-state index contributed by atoms with van der Waals surface area (Å²) in [4.78, 5) is 0. The van der Waals surface area contributed by atoms with Gasteiger partial charge in [-0.1, -0.05) is 13.0 Å². The second-order valence-corrected chi connectivity index (χ2v) is 4.55. The fourth-order valence-corrected chi connectivity index (χ4v) is 1.79. The van der Waals surface area contributed by atoms with E-state index in [9.17, 15) is 0 Å². The number of benzene rings is 1. The maximum atomic E-state index is 5.75. The van der Waals surface area contributed by atoms with E-state index in [1.54, 1.807) is 14.2 Å². The molecule has 0 aliphatic heterocycles. The van der Waals surface area contributed by atoms with Crippen molar-refractivity contribution in [2.24, 2.45) is 0 Å². The van der Waals surface area contributed by atoms with E-state index >= 15 is 0 Å². The Balaban J connectivity index is 2.74. The lowest BCUT2D eigenvalue weighted by Gasteiger charge is -2.20. The van der Waals surface area contributed by atoms with Crippen LogP contribution in [0.4, 0.5) is 5.69 Å². The third-order valence-corrected chi connectivity index (χ3v) is 2.90. The average Bonchev–Trinajstić information content (AvgIpc) is 2.41. The molecule has 1 rings (SSSR count). The topological polar surface area (TPSA) is 39.7 Å². The van der Waals surface area contributed by atoms with Crippen LogP contribution in [-0.2, 0) is 9.47 Å². The van der Waals surface area contributed by atoms with Crippen molar-refractivity contribution in [3.63, 3.8) is 0 Å². The quantitative estimate of drug-likeness (QED) is 0.698. The zero-order valence-electron chi connectivity index (χ0n) is 12.4. The first-order valence-electron chi connectivity index (χ1n) is 6.69. The number of hydrogen-bond donors (Lipinski definition) is 1. The molecule has 0 heterocycles. The molecule has 0 bridgehead atoms. The van der Waals surface area contributed by atoms with Crippen molar-refractivity contribution in [1.29, 1.82) is 0 Å². The summed E-state index contributed by atoms with van der Waals surface area (Å²) in [5, 5.41) is 3.46. The third-order valence-electron chi connectivity index (χ3n) is 2.90. The normalized spacial score (nSPS) is 12.2. The molecule has 4 heteroatoms. The lowest BCUT2D eigenvalue weighted by Crippen LogP contribution is -2.24. The Morgan fingerprint density at radius 2 is 1.95 bits per heavy atom. The van der Waals surface area contributed by atoms with Crippen molar-refractivity contribution in [3.8, 4) is 5.75 Å². The van der Waals surface area contributed by atoms with Crippen molar-refractivity contribution in [1.82, 2.24) is 0 Å². The summed E-state index contributed by atoms with van der Waals surface area (Å²) in [5.41, 5.74) is 2.18. The van der Waals surface area contributed by atoms with E-state index in [1.165, 1.54) is 5.56 Å². The Morgan fingerprint density at radius 1 is 1.16 bits per heavy atom. The summed E-state index contributed by atoms with van der Waals surface area (Å²) in [6.45, 7) is 6.01. The highest BCUT2D eigenvalue weighted by Gasteiger charge is 2.10. The van der Waals surface area contributed by atoms with Crippen molar-refractivity contribution >= 4 is 5.69 Å². The lowest BCUT2D eigenvalue weighted by molar-refractivity contribution is 0.146. The molecule has 108 valence electrons. The van der Waals surface area contributed by atoms with E-state index in [1.807, 2.05) is 6.07 Å². The van der Waals surface area contributed by atoms with Crippen molar-refractivity contribution in [3.05, 3.63) is 23.8 Å². The van der Waals surface area contributed by atoms with Gasteiger partial charge in [-0.2, -0.15) is 0 Å². The van der Waals surface area contributed by atoms with E-state index in [-0.39, 0.29) is 6.04 Å². The molecule has 0 saturated carbocycles. The molecule has 0 aliphatic rings. The minimum absolute atomic E-state index is 0.289. The van der Waals surface area contributed by atoms with Gasteiger partial charge in [-0.15, -0.1) is 0 Å². The van der Waals surface area contributed by atoms with E-state index in [0.29, 0.717) is 19.8 Å². The number of anilines is 1. The zero-order chi connectivity index (χ0) is 14.1. The maximum Gasteiger partial charge on any atom is 0.142 e. The van der Waals surface area contributed by atoms with Crippen LogP contribution >= 0.6 is 0 Å². The van der Waals surface area contributed by atoms with Crippen molar-refractivity contribution < 1.29 is 14.2 Å². The van der Waals surface area contributed by atoms with Gasteiger partial charge in [-0.3, -0.25) is 0 Å². The van der Waals surface area contributed by atoms with E-state index in [2.05, 4.69) is 31.3 Å². The summed E-state index contributed by atoms with van der Waals surface area (Å²) in [6.07, 6.45) is 0.999. The van der Waals surface area contributed by atoms with Gasteiger partial charge < -0.3 is 19.5 Å². The van der Waals surface area contributed by atoms with E-state index < -0.39 is 0 Å². The Morgan fingerprint density at radius 3 is 2.58 bits per heavy atom. The monoisotopic (exact) mass is 267 g/mol. The predicted octanol–water partition coefficient (Wildman–Crippen LogP) is 2.86. The number of aryl methyl sites for hydroxylation is 1. The molecule has 0 saturated heterocycles. The van der Waals surface area contributed by atoms with Crippen LogP contribution in [0.15, 0.2) is 18.2 Å². The van der Waals surface area contributed by atoms with Crippen LogP contribution in [0.2, 0.25) is 0 Å². The van der Waals surface area contributed by atoms with Gasteiger partial charge in [0, 0.05) is 20.3 Å². The first-order valence-corrected chi connectivity index (χ1v) is 6.69. The van der Waals surface area contributed by atoms with E-state index in [0.717, 1.165) is 17.9 Å². The van der Waals surface area contributed by atoms with Gasteiger partial charge in [-0.25, -0.2) is 0 Å². The summed E-state index contributed by atoms with van der Waals surface area (Å²) in [6, 6.07) is 6.45. The van der Waals surface area contributed by atoms with Crippen LogP contribution in [0, 0.1) is 6.92 Å². The van der Waals surface area contributed by atoms with Crippen LogP contribution in [0.3, 0.4) is 0 Å². The molecule has 1 N–H and O–H groups in total. The fourth-order valence-electron chi connectivity index (χ4n) is 1.79. The first-order chi connectivity index (χ1) is 9.21. The predicted molar refractivity (Wildman–Crippen MR) is 78.1 cm³/mol. The van der Waals surface area contributed by atoms with Gasteiger partial charge >= 0.3 is 0 Å². The van der Waals surface area contributed by atoms with Gasteiger partial charge in [-0.05, 0) is 31.0 Å². The smallest absolute Gasteiger partial charge is 0.142 e. The van der Waals surface area contributed by atoms with Gasteiger partial charge in [0.15, 0.2) is 0 Å². The van der Waals surface area contributed by atoms with Crippen LogP contribution in [0.5, 0.6) is 5.75 Å². The Bertz CT molecular complexity index is 368. The summed E-state index contributed by atoms with van der Waals surface area (Å²) >= 11 is 0. The molecule has 1 aromatic carbocycles. The maximum absolute atomic E-state index is 5.75. The van der Waals surface area contributed by atoms with Crippen LogP contribution < -0.4 is 10.1 Å². The second-order valence-electron chi connectivity index (χ2n) is 4.55. The minimum Gasteiger partial charge on any atom is -0.489 e. The number of rotatable bonds is 9. The number of methoxy groups -OCH3 is 2. The number of ether oxygens (including phenoxy) is 3. The molecule has 0 aromatic heterocycles. The summed E-state index contributed by atoms with van der Waals surface area (Å²) in [7, 11) is 3.39. The van der Waals surface area contributed by atoms with Crippen molar-refractivity contribution in [2.75, 3.05) is 39.4 Å². The Kier molecular flexibility index (Phi) is 7.30. The first kappa shape index (κ1) is 15.8. The molecule has 1 aromatic rings. The molecule has 1 atom stereocenters. The van der Waals surface area contributed by atoms with Crippen LogP contribution in [0.1, 0.15) is 18.9 Å².